The first-order valence-corrected chi connectivity index (χ1v) is 7.84. The molecule has 0 spiro atoms. The van der Waals surface area contributed by atoms with Crippen molar-refractivity contribution in [2.45, 2.75) is 20.4 Å². The SMILES string of the molecule is Cc1ccc(C)c(-n2cnc(=O)n2CC(=O)Nc2nccs2)c1. The van der Waals surface area contributed by atoms with Crippen molar-refractivity contribution in [2.24, 2.45) is 0 Å². The summed E-state index contributed by atoms with van der Waals surface area (Å²) >= 11 is 1.32. The van der Waals surface area contributed by atoms with Crippen LogP contribution in [0.5, 0.6) is 0 Å². The number of rotatable bonds is 4. The van der Waals surface area contributed by atoms with E-state index in [4.69, 9.17) is 0 Å². The van der Waals surface area contributed by atoms with Gasteiger partial charge in [-0.3, -0.25) is 4.79 Å². The van der Waals surface area contributed by atoms with E-state index in [9.17, 15) is 9.59 Å². The zero-order valence-electron chi connectivity index (χ0n) is 12.7. The first-order chi connectivity index (χ1) is 11.0. The Hall–Kier alpha value is -2.74. The molecular formula is C15H15N5O2S. The molecule has 1 amide bonds. The maximum Gasteiger partial charge on any atom is 0.364 e. The summed E-state index contributed by atoms with van der Waals surface area (Å²) in [5, 5.41) is 4.93. The minimum atomic E-state index is -0.472. The number of benzene rings is 1. The van der Waals surface area contributed by atoms with E-state index in [1.807, 2.05) is 32.0 Å². The van der Waals surface area contributed by atoms with Crippen molar-refractivity contribution in [3.8, 4) is 5.69 Å². The first-order valence-electron chi connectivity index (χ1n) is 6.96. The molecule has 23 heavy (non-hydrogen) atoms. The van der Waals surface area contributed by atoms with Crippen molar-refractivity contribution in [2.75, 3.05) is 5.32 Å². The molecule has 1 N–H and O–H groups in total. The highest BCUT2D eigenvalue weighted by Gasteiger charge is 2.13. The van der Waals surface area contributed by atoms with Gasteiger partial charge < -0.3 is 5.32 Å². The van der Waals surface area contributed by atoms with Crippen LogP contribution >= 0.6 is 11.3 Å². The van der Waals surface area contributed by atoms with Crippen LogP contribution in [-0.4, -0.2) is 25.2 Å². The lowest BCUT2D eigenvalue weighted by Crippen LogP contribution is -2.30. The second kappa shape index (κ2) is 6.17. The number of hydrogen-bond acceptors (Lipinski definition) is 5. The smallest absolute Gasteiger partial charge is 0.300 e. The van der Waals surface area contributed by atoms with Gasteiger partial charge in [0.15, 0.2) is 5.13 Å². The normalized spacial score (nSPS) is 10.7. The second-order valence-electron chi connectivity index (χ2n) is 5.10. The molecule has 1 aromatic carbocycles. The monoisotopic (exact) mass is 329 g/mol. The van der Waals surface area contributed by atoms with Crippen molar-refractivity contribution in [3.63, 3.8) is 0 Å². The number of hydrogen-bond donors (Lipinski definition) is 1. The molecule has 2 heterocycles. The summed E-state index contributed by atoms with van der Waals surface area (Å²) in [6.07, 6.45) is 3.04. The maximum absolute atomic E-state index is 12.1. The zero-order chi connectivity index (χ0) is 16.4. The van der Waals surface area contributed by atoms with Gasteiger partial charge in [-0.05, 0) is 31.0 Å². The molecule has 2 aromatic heterocycles. The van der Waals surface area contributed by atoms with Crippen molar-refractivity contribution in [1.29, 1.82) is 0 Å². The average Bonchev–Trinajstić information content (AvgIpc) is 3.13. The van der Waals surface area contributed by atoms with Crippen LogP contribution in [0.25, 0.3) is 5.69 Å². The minimum absolute atomic E-state index is 0.133. The Balaban J connectivity index is 1.91. The number of thiazole rings is 1. The lowest BCUT2D eigenvalue weighted by Gasteiger charge is -2.13. The van der Waals surface area contributed by atoms with E-state index in [0.717, 1.165) is 16.8 Å². The van der Waals surface area contributed by atoms with Gasteiger partial charge in [-0.15, -0.1) is 11.3 Å². The summed E-state index contributed by atoms with van der Waals surface area (Å²) < 4.78 is 2.90. The van der Waals surface area contributed by atoms with E-state index >= 15 is 0 Å². The topological polar surface area (TPSA) is 81.8 Å². The maximum atomic E-state index is 12.1. The molecule has 7 nitrogen and oxygen atoms in total. The number of carbonyl (C=O) groups is 1. The third-order valence-corrected chi connectivity index (χ3v) is 4.03. The minimum Gasteiger partial charge on any atom is -0.300 e. The van der Waals surface area contributed by atoms with Gasteiger partial charge >= 0.3 is 5.69 Å². The Morgan fingerprint density at radius 3 is 2.87 bits per heavy atom. The van der Waals surface area contributed by atoms with Gasteiger partial charge in [0, 0.05) is 11.6 Å². The number of carbonyl (C=O) groups excluding carboxylic acids is 1. The van der Waals surface area contributed by atoms with E-state index < -0.39 is 5.69 Å². The van der Waals surface area contributed by atoms with Crippen molar-refractivity contribution in [3.05, 3.63) is 57.7 Å². The molecule has 3 aromatic rings. The molecule has 8 heteroatoms. The standard InChI is InChI=1S/C15H15N5O2S/c1-10-3-4-11(2)12(7-10)20-9-17-15(22)19(20)8-13(21)18-14-16-5-6-23-14/h3-7,9H,8H2,1-2H3,(H,16,18,21). The molecule has 0 unspecified atom stereocenters. The van der Waals surface area contributed by atoms with Crippen LogP contribution in [0.3, 0.4) is 0 Å². The van der Waals surface area contributed by atoms with Crippen LogP contribution in [0.15, 0.2) is 40.9 Å². The van der Waals surface area contributed by atoms with Gasteiger partial charge in [0.1, 0.15) is 12.9 Å². The highest BCUT2D eigenvalue weighted by atomic mass is 32.1. The van der Waals surface area contributed by atoms with Crippen LogP contribution in [0.4, 0.5) is 5.13 Å². The van der Waals surface area contributed by atoms with E-state index in [1.54, 1.807) is 16.3 Å². The Morgan fingerprint density at radius 2 is 2.13 bits per heavy atom. The van der Waals surface area contributed by atoms with E-state index in [1.165, 1.54) is 22.3 Å². The molecule has 0 radical (unpaired) electrons. The largest absolute Gasteiger partial charge is 0.364 e. The number of nitrogens with zero attached hydrogens (tertiary/aromatic N) is 4. The van der Waals surface area contributed by atoms with Crippen molar-refractivity contribution >= 4 is 22.4 Å². The lowest BCUT2D eigenvalue weighted by molar-refractivity contribution is -0.117. The highest BCUT2D eigenvalue weighted by molar-refractivity contribution is 7.13. The molecule has 0 aliphatic heterocycles. The lowest BCUT2D eigenvalue weighted by atomic mass is 10.1. The van der Waals surface area contributed by atoms with Crippen LogP contribution in [0, 0.1) is 13.8 Å². The summed E-state index contributed by atoms with van der Waals surface area (Å²) in [6, 6.07) is 5.91. The quantitative estimate of drug-likeness (QED) is 0.790. The summed E-state index contributed by atoms with van der Waals surface area (Å²) in [6.45, 7) is 3.78. The van der Waals surface area contributed by atoms with Gasteiger partial charge in [-0.1, -0.05) is 12.1 Å². The predicted molar refractivity (Wildman–Crippen MR) is 88.0 cm³/mol. The third-order valence-electron chi connectivity index (χ3n) is 3.34. The predicted octanol–water partition coefficient (Wildman–Crippen LogP) is 1.75. The van der Waals surface area contributed by atoms with Crippen LogP contribution in [0.1, 0.15) is 11.1 Å². The van der Waals surface area contributed by atoms with Gasteiger partial charge in [-0.2, -0.15) is 4.98 Å². The molecule has 0 aliphatic carbocycles. The van der Waals surface area contributed by atoms with Crippen molar-refractivity contribution < 1.29 is 4.79 Å². The van der Waals surface area contributed by atoms with Crippen LogP contribution in [-0.2, 0) is 11.3 Å². The zero-order valence-corrected chi connectivity index (χ0v) is 13.5. The molecule has 0 bridgehead atoms. The molecule has 118 valence electrons. The fourth-order valence-corrected chi connectivity index (χ4v) is 2.75. The highest BCUT2D eigenvalue weighted by Crippen LogP contribution is 2.15. The molecular weight excluding hydrogens is 314 g/mol. The fraction of sp³-hybridized carbons (Fsp3) is 0.200. The number of aryl methyl sites for hydroxylation is 2. The molecule has 3 rings (SSSR count). The summed E-state index contributed by atoms with van der Waals surface area (Å²) in [4.78, 5) is 31.9. The Bertz CT molecular complexity index is 895. The van der Waals surface area contributed by atoms with Crippen LogP contribution in [0.2, 0.25) is 0 Å². The second-order valence-corrected chi connectivity index (χ2v) is 6.00. The first kappa shape index (κ1) is 15.2. The molecule has 0 fully saturated rings. The van der Waals surface area contributed by atoms with Gasteiger partial charge in [0.2, 0.25) is 5.91 Å². The Labute approximate surface area is 136 Å². The van der Waals surface area contributed by atoms with E-state index in [2.05, 4.69) is 15.3 Å². The summed E-state index contributed by atoms with van der Waals surface area (Å²) in [5.41, 5.74) is 2.40. The number of amides is 1. The van der Waals surface area contributed by atoms with Crippen LogP contribution < -0.4 is 11.0 Å². The van der Waals surface area contributed by atoms with E-state index in [0.29, 0.717) is 5.13 Å². The Morgan fingerprint density at radius 1 is 1.30 bits per heavy atom. The van der Waals surface area contributed by atoms with Crippen molar-refractivity contribution in [1.82, 2.24) is 19.3 Å². The average molecular weight is 329 g/mol. The molecule has 0 saturated carbocycles. The number of nitrogens with one attached hydrogen (secondary N) is 1. The van der Waals surface area contributed by atoms with Gasteiger partial charge in [0.25, 0.3) is 0 Å². The molecule has 0 aliphatic rings. The fourth-order valence-electron chi connectivity index (χ4n) is 2.21. The third kappa shape index (κ3) is 3.21. The summed E-state index contributed by atoms with van der Waals surface area (Å²) in [7, 11) is 0. The molecule has 0 atom stereocenters. The molecule has 0 saturated heterocycles. The van der Waals surface area contributed by atoms with E-state index in [-0.39, 0.29) is 12.5 Å². The van der Waals surface area contributed by atoms with Gasteiger partial charge in [-0.25, -0.2) is 19.1 Å². The Kier molecular flexibility index (Phi) is 4.07. The summed E-state index contributed by atoms with van der Waals surface area (Å²) in [5.74, 6) is -0.325. The number of anilines is 1. The number of aromatic nitrogens is 4. The van der Waals surface area contributed by atoms with Gasteiger partial charge in [0.05, 0.1) is 5.69 Å².